The molecule has 0 radical (unpaired) electrons. The predicted octanol–water partition coefficient (Wildman–Crippen LogP) is 1.75. The second-order valence-electron chi connectivity index (χ2n) is 8.91. The molecule has 2 aromatic rings. The average Bonchev–Trinajstić information content (AvgIpc) is 3.40. The van der Waals surface area contributed by atoms with Gasteiger partial charge in [-0.15, -0.1) is 0 Å². The van der Waals surface area contributed by atoms with Crippen LogP contribution in [0.2, 0.25) is 5.02 Å². The second-order valence-corrected chi connectivity index (χ2v) is 9.31. The summed E-state index contributed by atoms with van der Waals surface area (Å²) in [5.74, 6) is -4.51. The van der Waals surface area contributed by atoms with Gasteiger partial charge in [-0.25, -0.2) is 4.90 Å². The van der Waals surface area contributed by atoms with Gasteiger partial charge in [0.05, 0.1) is 28.1 Å². The highest BCUT2D eigenvalue weighted by atomic mass is 35.5. The number of fused-ring (bicyclic) bond motifs is 4. The molecule has 1 spiro atoms. The summed E-state index contributed by atoms with van der Waals surface area (Å²) < 4.78 is 0. The van der Waals surface area contributed by atoms with Crippen LogP contribution in [-0.2, 0) is 24.7 Å². The third-order valence-electron chi connectivity index (χ3n) is 7.09. The van der Waals surface area contributed by atoms with Gasteiger partial charge >= 0.3 is 0 Å². The highest BCUT2D eigenvalue weighted by Gasteiger charge is 2.70. The molecular weight excluding hydrogens is 478 g/mol. The molecule has 0 bridgehead atoms. The van der Waals surface area contributed by atoms with Gasteiger partial charge in [-0.1, -0.05) is 23.7 Å². The van der Waals surface area contributed by atoms with Crippen molar-refractivity contribution in [3.05, 3.63) is 62.7 Å². The molecule has 35 heavy (non-hydrogen) atoms. The molecule has 180 valence electrons. The zero-order valence-electron chi connectivity index (χ0n) is 18.4. The lowest BCUT2D eigenvalue weighted by molar-refractivity contribution is -0.384. The molecule has 3 heterocycles. The fourth-order valence-corrected chi connectivity index (χ4v) is 5.69. The third-order valence-corrected chi connectivity index (χ3v) is 7.49. The molecular formula is C23H20ClN5O6. The number of carbonyl (C=O) groups is 4. The van der Waals surface area contributed by atoms with Crippen LogP contribution in [0.3, 0.4) is 0 Å². The van der Waals surface area contributed by atoms with Crippen molar-refractivity contribution in [2.75, 3.05) is 10.2 Å². The molecule has 0 aromatic heterocycles. The Labute approximate surface area is 203 Å². The van der Waals surface area contributed by atoms with E-state index in [9.17, 15) is 29.3 Å². The molecule has 2 fully saturated rings. The van der Waals surface area contributed by atoms with Gasteiger partial charge in [0.2, 0.25) is 23.6 Å². The van der Waals surface area contributed by atoms with Gasteiger partial charge < -0.3 is 11.1 Å². The molecule has 2 saturated heterocycles. The smallest absolute Gasteiger partial charge is 0.271 e. The molecule has 4 atom stereocenters. The normalized spacial score (nSPS) is 26.7. The Morgan fingerprint density at radius 1 is 1.23 bits per heavy atom. The van der Waals surface area contributed by atoms with Crippen molar-refractivity contribution in [2.24, 2.45) is 17.6 Å². The molecule has 3 aliphatic rings. The number of amides is 4. The van der Waals surface area contributed by atoms with E-state index in [2.05, 4.69) is 10.6 Å². The molecule has 0 saturated carbocycles. The summed E-state index contributed by atoms with van der Waals surface area (Å²) in [6.45, 7) is 1.73. The molecule has 2 aromatic carbocycles. The van der Waals surface area contributed by atoms with Crippen molar-refractivity contribution in [3.63, 3.8) is 0 Å². The molecule has 4 amide bonds. The number of nitrogens with one attached hydrogen (secondary N) is 2. The molecule has 4 N–H and O–H groups in total. The van der Waals surface area contributed by atoms with E-state index in [1.165, 1.54) is 18.2 Å². The van der Waals surface area contributed by atoms with E-state index in [-0.39, 0.29) is 24.2 Å². The SMILES string of the molecule is Cc1c(Cl)ccc2c1NC(=O)[C@]21N[C@@H](CCC(N)=O)[C@H]2C(=O)N(c3cccc([N+](=O)[O-])c3)C(=O)[C@H]21. The molecule has 0 aliphatic carbocycles. The monoisotopic (exact) mass is 497 g/mol. The topological polar surface area (TPSA) is 165 Å². The van der Waals surface area contributed by atoms with Crippen LogP contribution in [0.25, 0.3) is 0 Å². The van der Waals surface area contributed by atoms with Gasteiger partial charge in [-0.05, 0) is 31.0 Å². The summed E-state index contributed by atoms with van der Waals surface area (Å²) in [6, 6.07) is 7.73. The number of nitro benzene ring substituents is 1. The quantitative estimate of drug-likeness (QED) is 0.321. The highest BCUT2D eigenvalue weighted by Crippen LogP contribution is 2.55. The van der Waals surface area contributed by atoms with Crippen LogP contribution < -0.4 is 21.3 Å². The number of primary amides is 1. The summed E-state index contributed by atoms with van der Waals surface area (Å²) in [7, 11) is 0. The number of non-ortho nitro benzene ring substituents is 1. The Hall–Kier alpha value is -3.83. The van der Waals surface area contributed by atoms with Gasteiger partial charge in [0.15, 0.2) is 0 Å². The van der Waals surface area contributed by atoms with Crippen molar-refractivity contribution in [1.82, 2.24) is 5.32 Å². The number of hydrogen-bond donors (Lipinski definition) is 3. The number of carbonyl (C=O) groups excluding carboxylic acids is 4. The zero-order valence-corrected chi connectivity index (χ0v) is 19.2. The number of hydrogen-bond acceptors (Lipinski definition) is 7. The molecule has 3 aliphatic heterocycles. The maximum absolute atomic E-state index is 13.8. The van der Waals surface area contributed by atoms with Crippen LogP contribution in [0.5, 0.6) is 0 Å². The first kappa shape index (κ1) is 22.9. The van der Waals surface area contributed by atoms with Crippen LogP contribution in [0.15, 0.2) is 36.4 Å². The van der Waals surface area contributed by atoms with E-state index in [1.807, 2.05) is 0 Å². The number of benzene rings is 2. The van der Waals surface area contributed by atoms with Crippen LogP contribution in [0, 0.1) is 28.9 Å². The summed E-state index contributed by atoms with van der Waals surface area (Å²) in [5, 5.41) is 17.7. The van der Waals surface area contributed by atoms with Crippen molar-refractivity contribution in [2.45, 2.75) is 31.3 Å². The minimum atomic E-state index is -1.58. The zero-order chi connectivity index (χ0) is 25.2. The maximum Gasteiger partial charge on any atom is 0.271 e. The van der Waals surface area contributed by atoms with E-state index in [0.717, 1.165) is 11.0 Å². The van der Waals surface area contributed by atoms with Crippen LogP contribution >= 0.6 is 11.6 Å². The summed E-state index contributed by atoms with van der Waals surface area (Å²) >= 11 is 6.25. The molecule has 12 heteroatoms. The summed E-state index contributed by atoms with van der Waals surface area (Å²) in [6.07, 6.45) is 0.0542. The number of rotatable bonds is 5. The molecule has 5 rings (SSSR count). The highest BCUT2D eigenvalue weighted by molar-refractivity contribution is 6.32. The average molecular weight is 498 g/mol. The Morgan fingerprint density at radius 3 is 2.66 bits per heavy atom. The first-order chi connectivity index (χ1) is 16.6. The first-order valence-electron chi connectivity index (χ1n) is 10.9. The lowest BCUT2D eigenvalue weighted by atomic mass is 9.76. The van der Waals surface area contributed by atoms with E-state index >= 15 is 0 Å². The van der Waals surface area contributed by atoms with Gasteiger partial charge in [0.1, 0.15) is 5.54 Å². The number of halogens is 1. The third kappa shape index (κ3) is 3.15. The molecule has 0 unspecified atom stereocenters. The van der Waals surface area contributed by atoms with Crippen molar-refractivity contribution in [3.8, 4) is 0 Å². The van der Waals surface area contributed by atoms with E-state index in [4.69, 9.17) is 17.3 Å². The first-order valence-corrected chi connectivity index (χ1v) is 11.2. The van der Waals surface area contributed by atoms with Gasteiger partial charge in [0, 0.05) is 35.2 Å². The minimum absolute atomic E-state index is 0.0401. The van der Waals surface area contributed by atoms with E-state index in [0.29, 0.717) is 21.8 Å². The number of nitrogens with zero attached hydrogens (tertiary/aromatic N) is 2. The standard InChI is InChI=1S/C23H20ClN5O6/c1-10-14(24)6-5-13-19(10)26-22(33)23(13)18-17(15(27-23)7-8-16(25)30)20(31)28(21(18)32)11-3-2-4-12(9-11)29(34)35/h2-6,9,15,17-18,27H,7-8H2,1H3,(H2,25,30)(H,26,33)/t15-,17+,18-,23-/m0/s1. The largest absolute Gasteiger partial charge is 0.370 e. The van der Waals surface area contributed by atoms with E-state index < -0.39 is 52.0 Å². The number of nitro groups is 1. The number of anilines is 2. The number of imide groups is 1. The maximum atomic E-state index is 13.8. The summed E-state index contributed by atoms with van der Waals surface area (Å²) in [5.41, 5.74) is 5.05. The fourth-order valence-electron chi connectivity index (χ4n) is 5.54. The summed E-state index contributed by atoms with van der Waals surface area (Å²) in [4.78, 5) is 64.0. The Bertz CT molecular complexity index is 1350. The van der Waals surface area contributed by atoms with Crippen LogP contribution in [0.4, 0.5) is 17.1 Å². The van der Waals surface area contributed by atoms with Gasteiger partial charge in [-0.2, -0.15) is 0 Å². The lowest BCUT2D eigenvalue weighted by Gasteiger charge is -2.29. The predicted molar refractivity (Wildman–Crippen MR) is 124 cm³/mol. The molecule has 11 nitrogen and oxygen atoms in total. The van der Waals surface area contributed by atoms with Crippen LogP contribution in [-0.4, -0.2) is 34.6 Å². The fraction of sp³-hybridized carbons (Fsp3) is 0.304. The van der Waals surface area contributed by atoms with Gasteiger partial charge in [-0.3, -0.25) is 34.6 Å². The van der Waals surface area contributed by atoms with Crippen molar-refractivity contribution in [1.29, 1.82) is 0 Å². The number of nitrogens with two attached hydrogens (primary N) is 1. The van der Waals surface area contributed by atoms with E-state index in [1.54, 1.807) is 19.1 Å². The van der Waals surface area contributed by atoms with Crippen LogP contribution in [0.1, 0.15) is 24.0 Å². The Kier molecular flexibility index (Phi) is 5.15. The van der Waals surface area contributed by atoms with Gasteiger partial charge in [0.25, 0.3) is 5.69 Å². The van der Waals surface area contributed by atoms with Crippen molar-refractivity contribution < 1.29 is 24.1 Å². The van der Waals surface area contributed by atoms with Crippen molar-refractivity contribution >= 4 is 52.3 Å². The second kappa shape index (κ2) is 7.85. The lowest BCUT2D eigenvalue weighted by Crippen LogP contribution is -2.53. The Morgan fingerprint density at radius 2 is 1.97 bits per heavy atom. The Balaban J connectivity index is 1.66. The minimum Gasteiger partial charge on any atom is -0.370 e.